The first-order valence-electron chi connectivity index (χ1n) is 5.68. The van der Waals surface area contributed by atoms with Gasteiger partial charge in [-0.05, 0) is 38.5 Å². The molecular weight excluding hydrogens is 230 g/mol. The van der Waals surface area contributed by atoms with Gasteiger partial charge in [0.15, 0.2) is 0 Å². The minimum absolute atomic E-state index is 0.330. The van der Waals surface area contributed by atoms with E-state index < -0.39 is 11.4 Å². The first kappa shape index (κ1) is 14.0. The lowest BCUT2D eigenvalue weighted by Gasteiger charge is -2.23. The zero-order valence-corrected chi connectivity index (χ0v) is 11.1. The maximum atomic E-state index is 12.1. The Bertz CT molecular complexity index is 481. The number of aryl methyl sites for hydroxylation is 1. The van der Waals surface area contributed by atoms with Crippen LogP contribution in [0.4, 0.5) is 5.69 Å². The molecule has 0 fully saturated rings. The van der Waals surface area contributed by atoms with Gasteiger partial charge in [0.05, 0.1) is 5.56 Å². The van der Waals surface area contributed by atoms with E-state index in [0.29, 0.717) is 11.3 Å². The van der Waals surface area contributed by atoms with Crippen LogP contribution >= 0.6 is 0 Å². The molecule has 4 N–H and O–H groups in total. The normalized spacial score (nSPS) is 10.9. The highest BCUT2D eigenvalue weighted by Crippen LogP contribution is 2.17. The second kappa shape index (κ2) is 5.08. The van der Waals surface area contributed by atoms with Gasteiger partial charge in [-0.3, -0.25) is 9.59 Å². The number of benzene rings is 1. The quantitative estimate of drug-likeness (QED) is 0.745. The number of amides is 2. The maximum absolute atomic E-state index is 12.1. The molecule has 0 saturated carbocycles. The summed E-state index contributed by atoms with van der Waals surface area (Å²) in [6, 6.07) is 5.42. The van der Waals surface area contributed by atoms with Gasteiger partial charge in [0.1, 0.15) is 5.54 Å². The van der Waals surface area contributed by atoms with Crippen LogP contribution in [0.15, 0.2) is 18.2 Å². The third-order valence-electron chi connectivity index (χ3n) is 2.73. The van der Waals surface area contributed by atoms with E-state index in [9.17, 15) is 9.59 Å². The van der Waals surface area contributed by atoms with E-state index in [4.69, 9.17) is 5.73 Å². The summed E-state index contributed by atoms with van der Waals surface area (Å²) >= 11 is 0. The third-order valence-corrected chi connectivity index (χ3v) is 2.73. The molecular formula is C13H19N3O2. The highest BCUT2D eigenvalue weighted by molar-refractivity contribution is 6.02. The van der Waals surface area contributed by atoms with Crippen LogP contribution in [-0.2, 0) is 4.79 Å². The Hall–Kier alpha value is -2.04. The van der Waals surface area contributed by atoms with Crippen molar-refractivity contribution in [2.45, 2.75) is 26.3 Å². The van der Waals surface area contributed by atoms with Gasteiger partial charge in [0.2, 0.25) is 5.91 Å². The van der Waals surface area contributed by atoms with Crippen molar-refractivity contribution >= 4 is 17.5 Å². The Morgan fingerprint density at radius 3 is 2.39 bits per heavy atom. The van der Waals surface area contributed by atoms with Crippen molar-refractivity contribution in [3.63, 3.8) is 0 Å². The Labute approximate surface area is 107 Å². The number of primary amides is 1. The van der Waals surface area contributed by atoms with Gasteiger partial charge in [-0.2, -0.15) is 0 Å². The third kappa shape index (κ3) is 3.00. The van der Waals surface area contributed by atoms with E-state index in [0.717, 1.165) is 5.56 Å². The second-order valence-electron chi connectivity index (χ2n) is 4.74. The van der Waals surface area contributed by atoms with Crippen molar-refractivity contribution in [3.8, 4) is 0 Å². The largest absolute Gasteiger partial charge is 0.387 e. The summed E-state index contributed by atoms with van der Waals surface area (Å²) in [5.41, 5.74) is 6.39. The second-order valence-corrected chi connectivity index (χ2v) is 4.74. The summed E-state index contributed by atoms with van der Waals surface area (Å²) in [5.74, 6) is -0.905. The lowest BCUT2D eigenvalue weighted by Crippen LogP contribution is -2.53. The number of carbonyl (C=O) groups excluding carboxylic acids is 2. The smallest absolute Gasteiger partial charge is 0.254 e. The van der Waals surface area contributed by atoms with Crippen LogP contribution in [0.5, 0.6) is 0 Å². The van der Waals surface area contributed by atoms with Crippen LogP contribution in [0.1, 0.15) is 29.8 Å². The maximum Gasteiger partial charge on any atom is 0.254 e. The number of hydrogen-bond acceptors (Lipinski definition) is 3. The van der Waals surface area contributed by atoms with Crippen molar-refractivity contribution in [1.29, 1.82) is 0 Å². The number of rotatable bonds is 4. The fourth-order valence-electron chi connectivity index (χ4n) is 1.48. The lowest BCUT2D eigenvalue weighted by molar-refractivity contribution is -0.122. The van der Waals surface area contributed by atoms with Crippen LogP contribution in [0.2, 0.25) is 0 Å². The molecule has 5 heteroatoms. The zero-order chi connectivity index (χ0) is 13.9. The minimum atomic E-state index is -1.08. The molecule has 0 heterocycles. The predicted octanol–water partition coefficient (Wildman–Crippen LogP) is 1.03. The average molecular weight is 249 g/mol. The van der Waals surface area contributed by atoms with Gasteiger partial charge in [0, 0.05) is 12.7 Å². The molecule has 0 bridgehead atoms. The highest BCUT2D eigenvalue weighted by Gasteiger charge is 2.27. The monoisotopic (exact) mass is 249 g/mol. The number of anilines is 1. The molecule has 0 aliphatic rings. The Morgan fingerprint density at radius 1 is 1.28 bits per heavy atom. The molecule has 0 unspecified atom stereocenters. The molecule has 0 atom stereocenters. The first-order chi connectivity index (χ1) is 8.27. The van der Waals surface area contributed by atoms with E-state index in [1.165, 1.54) is 0 Å². The van der Waals surface area contributed by atoms with Gasteiger partial charge in [-0.1, -0.05) is 6.07 Å². The number of nitrogens with two attached hydrogens (primary N) is 1. The first-order valence-corrected chi connectivity index (χ1v) is 5.68. The molecule has 0 aliphatic carbocycles. The van der Waals surface area contributed by atoms with E-state index >= 15 is 0 Å². The molecule has 1 aromatic carbocycles. The van der Waals surface area contributed by atoms with Crippen LogP contribution in [0, 0.1) is 6.92 Å². The highest BCUT2D eigenvalue weighted by atomic mass is 16.2. The summed E-state index contributed by atoms with van der Waals surface area (Å²) in [4.78, 5) is 23.3. The molecule has 0 aromatic heterocycles. The summed E-state index contributed by atoms with van der Waals surface area (Å²) in [6.45, 7) is 5.08. The molecule has 5 nitrogen and oxygen atoms in total. The van der Waals surface area contributed by atoms with E-state index in [-0.39, 0.29) is 5.91 Å². The molecule has 0 spiro atoms. The summed E-state index contributed by atoms with van der Waals surface area (Å²) < 4.78 is 0. The summed E-state index contributed by atoms with van der Waals surface area (Å²) in [5, 5.41) is 5.57. The molecule has 2 amide bonds. The SMILES string of the molecule is CNc1cc(C)ccc1C(=O)NC(C)(C)C(N)=O. The van der Waals surface area contributed by atoms with Crippen molar-refractivity contribution in [2.24, 2.45) is 5.73 Å². The molecule has 98 valence electrons. The Balaban J connectivity index is 3.01. The average Bonchev–Trinajstić information content (AvgIpc) is 2.27. The molecule has 0 aliphatic heterocycles. The summed E-state index contributed by atoms with van der Waals surface area (Å²) in [6.07, 6.45) is 0. The number of hydrogen-bond donors (Lipinski definition) is 3. The minimum Gasteiger partial charge on any atom is -0.387 e. The van der Waals surface area contributed by atoms with Gasteiger partial charge in [0.25, 0.3) is 5.91 Å². The van der Waals surface area contributed by atoms with E-state index in [1.54, 1.807) is 27.0 Å². The molecule has 0 saturated heterocycles. The van der Waals surface area contributed by atoms with Gasteiger partial charge in [-0.15, -0.1) is 0 Å². The van der Waals surface area contributed by atoms with Gasteiger partial charge >= 0.3 is 0 Å². The molecule has 18 heavy (non-hydrogen) atoms. The van der Waals surface area contributed by atoms with E-state index in [2.05, 4.69) is 10.6 Å². The van der Waals surface area contributed by atoms with Crippen molar-refractivity contribution in [1.82, 2.24) is 5.32 Å². The number of nitrogens with one attached hydrogen (secondary N) is 2. The van der Waals surface area contributed by atoms with Crippen LogP contribution in [-0.4, -0.2) is 24.4 Å². The predicted molar refractivity (Wildman–Crippen MR) is 71.5 cm³/mol. The van der Waals surface area contributed by atoms with E-state index in [1.807, 2.05) is 19.1 Å². The van der Waals surface area contributed by atoms with Crippen molar-refractivity contribution < 1.29 is 9.59 Å². The van der Waals surface area contributed by atoms with Crippen LogP contribution < -0.4 is 16.4 Å². The zero-order valence-electron chi connectivity index (χ0n) is 11.1. The van der Waals surface area contributed by atoms with Crippen molar-refractivity contribution in [2.75, 3.05) is 12.4 Å². The number of carbonyl (C=O) groups is 2. The standard InChI is InChI=1S/C13H19N3O2/c1-8-5-6-9(10(7-8)15-4)11(17)16-13(2,3)12(14)18/h5-7,15H,1-4H3,(H2,14,18)(H,16,17). The molecule has 1 rings (SSSR count). The topological polar surface area (TPSA) is 84.2 Å². The Kier molecular flexibility index (Phi) is 3.96. The van der Waals surface area contributed by atoms with Crippen molar-refractivity contribution in [3.05, 3.63) is 29.3 Å². The van der Waals surface area contributed by atoms with Crippen LogP contribution in [0.3, 0.4) is 0 Å². The molecule has 0 radical (unpaired) electrons. The lowest BCUT2D eigenvalue weighted by atomic mass is 10.0. The molecule has 1 aromatic rings. The van der Waals surface area contributed by atoms with Gasteiger partial charge < -0.3 is 16.4 Å². The van der Waals surface area contributed by atoms with Gasteiger partial charge in [-0.25, -0.2) is 0 Å². The van der Waals surface area contributed by atoms with Crippen LogP contribution in [0.25, 0.3) is 0 Å². The summed E-state index contributed by atoms with van der Waals surface area (Å²) in [7, 11) is 1.74. The fraction of sp³-hybridized carbons (Fsp3) is 0.385. The Morgan fingerprint density at radius 2 is 1.89 bits per heavy atom. The fourth-order valence-corrected chi connectivity index (χ4v) is 1.48.